The maximum atomic E-state index is 12.3. The Morgan fingerprint density at radius 2 is 1.80 bits per heavy atom. The van der Waals surface area contributed by atoms with E-state index >= 15 is 0 Å². The second kappa shape index (κ2) is 5.61. The van der Waals surface area contributed by atoms with E-state index in [1.165, 1.54) is 17.0 Å². The zero-order valence-electron chi connectivity index (χ0n) is 10.4. The average Bonchev–Trinajstić information content (AvgIpc) is 2.46. The largest absolute Gasteiger partial charge is 0.358 e. The van der Waals surface area contributed by atoms with E-state index in [2.05, 4.69) is 5.32 Å². The van der Waals surface area contributed by atoms with Gasteiger partial charge >= 0.3 is 11.4 Å². The van der Waals surface area contributed by atoms with Gasteiger partial charge in [-0.15, -0.1) is 0 Å². The molecule has 1 aliphatic heterocycles. The van der Waals surface area contributed by atoms with Crippen LogP contribution >= 0.6 is 0 Å². The molecule has 9 nitrogen and oxygen atoms in total. The van der Waals surface area contributed by atoms with Gasteiger partial charge in [0.05, 0.1) is 9.85 Å². The van der Waals surface area contributed by atoms with Gasteiger partial charge in [-0.3, -0.25) is 25.0 Å². The van der Waals surface area contributed by atoms with E-state index in [0.717, 1.165) is 6.07 Å². The SMILES string of the molecule is O=C(c1cccc([N+](=O)[O-])c1[N+](=O)[O-])N1CCNCC1. The first-order valence-electron chi connectivity index (χ1n) is 5.94. The van der Waals surface area contributed by atoms with Crippen LogP contribution in [0.2, 0.25) is 0 Å². The highest BCUT2D eigenvalue weighted by atomic mass is 16.6. The van der Waals surface area contributed by atoms with Crippen molar-refractivity contribution in [1.29, 1.82) is 0 Å². The summed E-state index contributed by atoms with van der Waals surface area (Å²) in [4.78, 5) is 33.9. The fraction of sp³-hybridized carbons (Fsp3) is 0.364. The summed E-state index contributed by atoms with van der Waals surface area (Å²) < 4.78 is 0. The first-order chi connectivity index (χ1) is 9.52. The van der Waals surface area contributed by atoms with Crippen LogP contribution in [0.1, 0.15) is 10.4 Å². The molecular weight excluding hydrogens is 268 g/mol. The summed E-state index contributed by atoms with van der Waals surface area (Å²) in [5.74, 6) is -0.554. The number of hydrogen-bond donors (Lipinski definition) is 1. The van der Waals surface area contributed by atoms with E-state index in [-0.39, 0.29) is 5.56 Å². The summed E-state index contributed by atoms with van der Waals surface area (Å²) >= 11 is 0. The number of piperazine rings is 1. The van der Waals surface area contributed by atoms with Gasteiger partial charge in [0, 0.05) is 32.2 Å². The van der Waals surface area contributed by atoms with Gasteiger partial charge in [0.15, 0.2) is 0 Å². The van der Waals surface area contributed by atoms with Gasteiger partial charge in [-0.25, -0.2) is 0 Å². The summed E-state index contributed by atoms with van der Waals surface area (Å²) in [5, 5.41) is 24.9. The summed E-state index contributed by atoms with van der Waals surface area (Å²) in [7, 11) is 0. The molecule has 2 rings (SSSR count). The third-order valence-electron chi connectivity index (χ3n) is 3.03. The van der Waals surface area contributed by atoms with Crippen molar-refractivity contribution in [2.75, 3.05) is 26.2 Å². The number of para-hydroxylation sites is 1. The van der Waals surface area contributed by atoms with Gasteiger partial charge in [0.2, 0.25) is 0 Å². The van der Waals surface area contributed by atoms with Crippen molar-refractivity contribution < 1.29 is 14.6 Å². The molecule has 0 aromatic heterocycles. The standard InChI is InChI=1S/C11H12N4O5/c16-11(13-6-4-12-5-7-13)8-2-1-3-9(14(17)18)10(8)15(19)20/h1-3,12H,4-7H2. The number of hydrogen-bond acceptors (Lipinski definition) is 6. The molecular formula is C11H12N4O5. The van der Waals surface area contributed by atoms with Crippen LogP contribution in [0.3, 0.4) is 0 Å². The van der Waals surface area contributed by atoms with Crippen LogP contribution in [0.15, 0.2) is 18.2 Å². The number of nitrogens with zero attached hydrogens (tertiary/aromatic N) is 3. The smallest absolute Gasteiger partial charge is 0.336 e. The third-order valence-corrected chi connectivity index (χ3v) is 3.03. The summed E-state index contributed by atoms with van der Waals surface area (Å²) in [6.45, 7) is 2.01. The zero-order valence-corrected chi connectivity index (χ0v) is 10.4. The van der Waals surface area contributed by atoms with Crippen LogP contribution < -0.4 is 5.32 Å². The lowest BCUT2D eigenvalue weighted by atomic mass is 10.1. The Kier molecular flexibility index (Phi) is 3.89. The summed E-state index contributed by atoms with van der Waals surface area (Å²) in [6, 6.07) is 3.54. The third kappa shape index (κ3) is 2.57. The number of benzene rings is 1. The van der Waals surface area contributed by atoms with Gasteiger partial charge in [0.1, 0.15) is 5.56 Å². The molecule has 0 spiro atoms. The molecule has 0 atom stereocenters. The highest BCUT2D eigenvalue weighted by Crippen LogP contribution is 2.31. The number of rotatable bonds is 3. The van der Waals surface area contributed by atoms with Crippen molar-refractivity contribution in [2.45, 2.75) is 0 Å². The van der Waals surface area contributed by atoms with Crippen molar-refractivity contribution in [3.63, 3.8) is 0 Å². The predicted octanol–water partition coefficient (Wildman–Crippen LogP) is 0.548. The topological polar surface area (TPSA) is 119 Å². The molecule has 1 aromatic rings. The normalized spacial score (nSPS) is 14.9. The Hall–Kier alpha value is -2.55. The van der Waals surface area contributed by atoms with Crippen molar-refractivity contribution >= 4 is 17.3 Å². The fourth-order valence-corrected chi connectivity index (χ4v) is 2.08. The van der Waals surface area contributed by atoms with E-state index in [1.807, 2.05) is 0 Å². The quantitative estimate of drug-likeness (QED) is 0.637. The van der Waals surface area contributed by atoms with Crippen molar-refractivity contribution in [3.8, 4) is 0 Å². The highest BCUT2D eigenvalue weighted by Gasteiger charge is 2.33. The first-order valence-corrected chi connectivity index (χ1v) is 5.94. The van der Waals surface area contributed by atoms with Gasteiger partial charge in [-0.2, -0.15) is 0 Å². The Morgan fingerprint density at radius 1 is 1.15 bits per heavy atom. The number of nitro groups is 2. The average molecular weight is 280 g/mol. The molecule has 1 aromatic carbocycles. The van der Waals surface area contributed by atoms with Crippen LogP contribution in [0.4, 0.5) is 11.4 Å². The molecule has 1 N–H and O–H groups in total. The molecule has 0 aliphatic carbocycles. The lowest BCUT2D eigenvalue weighted by molar-refractivity contribution is -0.422. The number of carbonyl (C=O) groups is 1. The van der Waals surface area contributed by atoms with Gasteiger partial charge in [0.25, 0.3) is 5.91 Å². The van der Waals surface area contributed by atoms with Crippen LogP contribution in [0, 0.1) is 20.2 Å². The maximum absolute atomic E-state index is 12.3. The molecule has 9 heteroatoms. The predicted molar refractivity (Wildman–Crippen MR) is 68.5 cm³/mol. The molecule has 106 valence electrons. The molecule has 1 fully saturated rings. The van der Waals surface area contributed by atoms with Crippen LogP contribution in [0.25, 0.3) is 0 Å². The first kappa shape index (κ1) is 13.9. The Balaban J connectivity index is 2.45. The van der Waals surface area contributed by atoms with Crippen LogP contribution in [-0.2, 0) is 0 Å². The van der Waals surface area contributed by atoms with Gasteiger partial charge in [-0.1, -0.05) is 6.07 Å². The molecule has 0 bridgehead atoms. The Labute approximate surface area is 113 Å². The highest BCUT2D eigenvalue weighted by molar-refractivity contribution is 5.99. The minimum Gasteiger partial charge on any atom is -0.336 e. The van der Waals surface area contributed by atoms with E-state index in [1.54, 1.807) is 0 Å². The molecule has 0 unspecified atom stereocenters. The van der Waals surface area contributed by atoms with Crippen LogP contribution in [-0.4, -0.2) is 46.8 Å². The number of nitro benzene ring substituents is 2. The van der Waals surface area contributed by atoms with E-state index in [4.69, 9.17) is 0 Å². The Morgan fingerprint density at radius 3 is 2.35 bits per heavy atom. The molecule has 1 saturated heterocycles. The summed E-state index contributed by atoms with van der Waals surface area (Å²) in [5.41, 5.74) is -1.66. The summed E-state index contributed by atoms with van der Waals surface area (Å²) in [6.07, 6.45) is 0. The van der Waals surface area contributed by atoms with Crippen molar-refractivity contribution in [2.24, 2.45) is 0 Å². The molecule has 1 amide bonds. The molecule has 1 aliphatic rings. The monoisotopic (exact) mass is 280 g/mol. The van der Waals surface area contributed by atoms with Gasteiger partial charge in [-0.05, 0) is 6.07 Å². The van der Waals surface area contributed by atoms with Crippen molar-refractivity contribution in [1.82, 2.24) is 10.2 Å². The van der Waals surface area contributed by atoms with E-state index in [9.17, 15) is 25.0 Å². The van der Waals surface area contributed by atoms with E-state index in [0.29, 0.717) is 26.2 Å². The number of carbonyl (C=O) groups excluding carboxylic acids is 1. The Bertz CT molecular complexity index is 568. The van der Waals surface area contributed by atoms with Crippen LogP contribution in [0.5, 0.6) is 0 Å². The zero-order chi connectivity index (χ0) is 14.7. The molecule has 1 heterocycles. The molecule has 0 saturated carbocycles. The minimum absolute atomic E-state index is 0.244. The molecule has 0 radical (unpaired) electrons. The molecule has 20 heavy (non-hydrogen) atoms. The number of nitrogens with one attached hydrogen (secondary N) is 1. The maximum Gasteiger partial charge on any atom is 0.358 e. The lowest BCUT2D eigenvalue weighted by Crippen LogP contribution is -2.46. The second-order valence-electron chi connectivity index (χ2n) is 4.23. The second-order valence-corrected chi connectivity index (χ2v) is 4.23. The van der Waals surface area contributed by atoms with Gasteiger partial charge < -0.3 is 10.2 Å². The van der Waals surface area contributed by atoms with Crippen molar-refractivity contribution in [3.05, 3.63) is 44.0 Å². The minimum atomic E-state index is -0.881. The van der Waals surface area contributed by atoms with E-state index < -0.39 is 27.1 Å². The lowest BCUT2D eigenvalue weighted by Gasteiger charge is -2.27. The number of amides is 1. The fourth-order valence-electron chi connectivity index (χ4n) is 2.08.